The van der Waals surface area contributed by atoms with Crippen molar-refractivity contribution in [2.75, 3.05) is 14.2 Å². The van der Waals surface area contributed by atoms with E-state index in [4.69, 9.17) is 9.47 Å². The van der Waals surface area contributed by atoms with Crippen LogP contribution in [0.25, 0.3) is 0 Å². The first-order valence-corrected chi connectivity index (χ1v) is 8.50. The maximum Gasteiger partial charge on any atom is 0.438 e. The first-order valence-electron chi connectivity index (χ1n) is 8.50. The molecule has 0 fully saturated rings. The SMILES string of the molecule is COc1ccc(CC(=O)N2N=C(c3ccncc3)C[C@@]2(O)C(F)(F)F)cc1OC. The number of benzene rings is 1. The van der Waals surface area contributed by atoms with Gasteiger partial charge in [0.05, 0.1) is 32.8 Å². The Morgan fingerprint density at radius 1 is 1.17 bits per heavy atom. The van der Waals surface area contributed by atoms with Crippen LogP contribution in [-0.2, 0) is 11.2 Å². The highest BCUT2D eigenvalue weighted by atomic mass is 19.4. The monoisotopic (exact) mass is 409 g/mol. The summed E-state index contributed by atoms with van der Waals surface area (Å²) in [5.41, 5.74) is -2.78. The van der Waals surface area contributed by atoms with Crippen molar-refractivity contribution in [2.45, 2.75) is 24.7 Å². The van der Waals surface area contributed by atoms with Crippen molar-refractivity contribution in [3.05, 3.63) is 53.9 Å². The number of amides is 1. The summed E-state index contributed by atoms with van der Waals surface area (Å²) in [7, 11) is 2.84. The van der Waals surface area contributed by atoms with Gasteiger partial charge in [-0.2, -0.15) is 23.3 Å². The van der Waals surface area contributed by atoms with Gasteiger partial charge in [0.1, 0.15) is 0 Å². The van der Waals surface area contributed by atoms with E-state index in [9.17, 15) is 23.1 Å². The zero-order valence-corrected chi connectivity index (χ0v) is 15.6. The number of aromatic nitrogens is 1. The van der Waals surface area contributed by atoms with Crippen LogP contribution in [-0.4, -0.2) is 52.8 Å². The molecular weight excluding hydrogens is 391 g/mol. The molecule has 2 heterocycles. The molecule has 1 aliphatic rings. The molecule has 0 spiro atoms. The largest absolute Gasteiger partial charge is 0.493 e. The molecule has 1 amide bonds. The minimum atomic E-state index is -5.10. The van der Waals surface area contributed by atoms with Crippen molar-refractivity contribution in [1.29, 1.82) is 0 Å². The van der Waals surface area contributed by atoms with Crippen molar-refractivity contribution >= 4 is 11.6 Å². The third-order valence-electron chi connectivity index (χ3n) is 4.49. The van der Waals surface area contributed by atoms with Crippen molar-refractivity contribution in [1.82, 2.24) is 9.99 Å². The predicted molar refractivity (Wildman–Crippen MR) is 96.5 cm³/mol. The quantitative estimate of drug-likeness (QED) is 0.821. The summed E-state index contributed by atoms with van der Waals surface area (Å²) in [6, 6.07) is 7.45. The summed E-state index contributed by atoms with van der Waals surface area (Å²) >= 11 is 0. The molecule has 1 aliphatic heterocycles. The highest BCUT2D eigenvalue weighted by molar-refractivity contribution is 6.03. The Bertz CT molecular complexity index is 934. The number of hydrogen-bond acceptors (Lipinski definition) is 6. The number of hydrazone groups is 1. The fourth-order valence-electron chi connectivity index (χ4n) is 2.97. The second-order valence-electron chi connectivity index (χ2n) is 6.35. The van der Waals surface area contributed by atoms with E-state index < -0.39 is 30.7 Å². The normalized spacial score (nSPS) is 19.1. The van der Waals surface area contributed by atoms with E-state index >= 15 is 0 Å². The number of alkyl halides is 3. The summed E-state index contributed by atoms with van der Waals surface area (Å²) in [5, 5.41) is 14.3. The minimum absolute atomic E-state index is 0.0621. The van der Waals surface area contributed by atoms with Gasteiger partial charge in [-0.05, 0) is 29.8 Å². The molecule has 0 saturated heterocycles. The summed E-state index contributed by atoms with van der Waals surface area (Å²) < 4.78 is 51.1. The molecule has 154 valence electrons. The van der Waals surface area contributed by atoms with Crippen LogP contribution in [0.1, 0.15) is 17.5 Å². The molecule has 3 rings (SSSR count). The standard InChI is InChI=1S/C19H18F3N3O4/c1-28-15-4-3-12(9-16(15)29-2)10-17(26)25-18(27,19(20,21)22)11-14(24-25)13-5-7-23-8-6-13/h3-9,27H,10-11H2,1-2H3/t18-/m1/s1. The Morgan fingerprint density at radius 2 is 1.83 bits per heavy atom. The van der Waals surface area contributed by atoms with Crippen LogP contribution in [0.2, 0.25) is 0 Å². The molecule has 0 radical (unpaired) electrons. The van der Waals surface area contributed by atoms with Crippen LogP contribution in [0, 0.1) is 0 Å². The van der Waals surface area contributed by atoms with E-state index in [-0.39, 0.29) is 10.7 Å². The van der Waals surface area contributed by atoms with Crippen molar-refractivity contribution < 1.29 is 32.5 Å². The van der Waals surface area contributed by atoms with Gasteiger partial charge < -0.3 is 14.6 Å². The summed E-state index contributed by atoms with van der Waals surface area (Å²) in [4.78, 5) is 16.5. The van der Waals surface area contributed by atoms with Crippen molar-refractivity contribution in [2.24, 2.45) is 5.10 Å². The van der Waals surface area contributed by atoms with Crippen LogP contribution in [0.3, 0.4) is 0 Å². The smallest absolute Gasteiger partial charge is 0.438 e. The summed E-state index contributed by atoms with van der Waals surface area (Å²) in [6.45, 7) is 0. The number of hydrogen-bond donors (Lipinski definition) is 1. The number of aliphatic hydroxyl groups is 1. The number of carbonyl (C=O) groups excluding carboxylic acids is 1. The fraction of sp³-hybridized carbons (Fsp3) is 0.316. The van der Waals surface area contributed by atoms with Crippen molar-refractivity contribution in [3.63, 3.8) is 0 Å². The molecule has 1 aromatic carbocycles. The fourth-order valence-corrected chi connectivity index (χ4v) is 2.97. The number of pyridine rings is 1. The van der Waals surface area contributed by atoms with E-state index in [1.54, 1.807) is 0 Å². The minimum Gasteiger partial charge on any atom is -0.493 e. The number of rotatable bonds is 5. The van der Waals surface area contributed by atoms with Gasteiger partial charge >= 0.3 is 6.18 Å². The maximum absolute atomic E-state index is 13.6. The Balaban J connectivity index is 1.92. The Hall–Kier alpha value is -3.14. The number of carbonyl (C=O) groups is 1. The third kappa shape index (κ3) is 3.88. The zero-order chi connectivity index (χ0) is 21.2. The van der Waals surface area contributed by atoms with Gasteiger partial charge in [-0.15, -0.1) is 0 Å². The Labute approximate surface area is 164 Å². The van der Waals surface area contributed by atoms with Crippen LogP contribution in [0.5, 0.6) is 11.5 Å². The second-order valence-corrected chi connectivity index (χ2v) is 6.35. The number of ether oxygens (including phenoxy) is 2. The molecule has 7 nitrogen and oxygen atoms in total. The molecule has 1 atom stereocenters. The van der Waals surface area contributed by atoms with Gasteiger partial charge in [-0.1, -0.05) is 6.07 Å². The van der Waals surface area contributed by atoms with Gasteiger partial charge in [-0.3, -0.25) is 9.78 Å². The van der Waals surface area contributed by atoms with Gasteiger partial charge in [0.25, 0.3) is 5.72 Å². The molecule has 0 unspecified atom stereocenters. The lowest BCUT2D eigenvalue weighted by atomic mass is 10.0. The zero-order valence-electron chi connectivity index (χ0n) is 15.6. The van der Waals surface area contributed by atoms with Crippen LogP contribution in [0.4, 0.5) is 13.2 Å². The second kappa shape index (κ2) is 7.70. The number of methoxy groups -OCH3 is 2. The van der Waals surface area contributed by atoms with Crippen LogP contribution >= 0.6 is 0 Å². The molecule has 0 saturated carbocycles. The topological polar surface area (TPSA) is 84.2 Å². The summed E-state index contributed by atoms with van der Waals surface area (Å²) in [5.74, 6) is -0.276. The van der Waals surface area contributed by atoms with Gasteiger partial charge in [0, 0.05) is 18.0 Å². The molecule has 1 N–H and O–H groups in total. The molecule has 0 aliphatic carbocycles. The van der Waals surface area contributed by atoms with Crippen LogP contribution in [0.15, 0.2) is 47.8 Å². The molecule has 2 aromatic rings. The average molecular weight is 409 g/mol. The number of halogens is 3. The van der Waals surface area contributed by atoms with E-state index in [1.807, 2.05) is 0 Å². The molecule has 29 heavy (non-hydrogen) atoms. The number of nitrogens with zero attached hydrogens (tertiary/aromatic N) is 3. The highest BCUT2D eigenvalue weighted by Gasteiger charge is 2.63. The molecular formula is C19H18F3N3O4. The lowest BCUT2D eigenvalue weighted by Crippen LogP contribution is -2.57. The lowest BCUT2D eigenvalue weighted by Gasteiger charge is -2.32. The van der Waals surface area contributed by atoms with Gasteiger partial charge in [-0.25, -0.2) is 0 Å². The average Bonchev–Trinajstić information content (AvgIpc) is 3.07. The van der Waals surface area contributed by atoms with Gasteiger partial charge in [0.2, 0.25) is 5.91 Å². The Kier molecular flexibility index (Phi) is 5.47. The van der Waals surface area contributed by atoms with Crippen molar-refractivity contribution in [3.8, 4) is 11.5 Å². The molecule has 1 aromatic heterocycles. The summed E-state index contributed by atoms with van der Waals surface area (Å²) in [6.07, 6.45) is -3.63. The van der Waals surface area contributed by atoms with E-state index in [2.05, 4.69) is 10.1 Å². The third-order valence-corrected chi connectivity index (χ3v) is 4.49. The van der Waals surface area contributed by atoms with E-state index in [0.717, 1.165) is 0 Å². The van der Waals surface area contributed by atoms with E-state index in [1.165, 1.54) is 56.9 Å². The molecule has 10 heteroatoms. The predicted octanol–water partition coefficient (Wildman–Crippen LogP) is 2.53. The Morgan fingerprint density at radius 3 is 2.41 bits per heavy atom. The van der Waals surface area contributed by atoms with Crippen LogP contribution < -0.4 is 9.47 Å². The first-order chi connectivity index (χ1) is 13.7. The highest BCUT2D eigenvalue weighted by Crippen LogP contribution is 2.41. The molecule has 0 bridgehead atoms. The lowest BCUT2D eigenvalue weighted by molar-refractivity contribution is -0.302. The maximum atomic E-state index is 13.6. The van der Waals surface area contributed by atoms with Gasteiger partial charge in [0.15, 0.2) is 11.5 Å². The first kappa shape index (κ1) is 20.6. The van der Waals surface area contributed by atoms with E-state index in [0.29, 0.717) is 22.6 Å².